The second-order valence-electron chi connectivity index (χ2n) is 6.84. The molecular formula is C22H22ClF5N4O2. The fraction of sp³-hybridized carbons (Fsp3) is 0.273. The predicted octanol–water partition coefficient (Wildman–Crippen LogP) is 6.55. The molecule has 2 aromatic rings. The Morgan fingerprint density at radius 3 is 2.53 bits per heavy atom. The highest BCUT2D eigenvalue weighted by atomic mass is 35.5. The average molecular weight is 505 g/mol. The molecule has 1 amide bonds. The first-order chi connectivity index (χ1) is 15.9. The monoisotopic (exact) mass is 504 g/mol. The molecule has 0 radical (unpaired) electrons. The predicted molar refractivity (Wildman–Crippen MR) is 121 cm³/mol. The summed E-state index contributed by atoms with van der Waals surface area (Å²) in [5, 5.41) is 6.74. The number of benzene rings is 1. The Balaban J connectivity index is 2.70. The van der Waals surface area contributed by atoms with E-state index in [2.05, 4.69) is 10.6 Å². The second kappa shape index (κ2) is 11.3. The number of hydrogen-bond acceptors (Lipinski definition) is 5. The third-order valence-electron chi connectivity index (χ3n) is 4.51. The summed E-state index contributed by atoms with van der Waals surface area (Å²) in [7, 11) is 1.52. The minimum Gasteiger partial charge on any atom is -0.354 e. The highest BCUT2D eigenvalue weighted by Gasteiger charge is 2.40. The zero-order chi connectivity index (χ0) is 25.6. The molecule has 0 aliphatic heterocycles. The van der Waals surface area contributed by atoms with Gasteiger partial charge in [0.1, 0.15) is 23.0 Å². The molecule has 0 aliphatic rings. The summed E-state index contributed by atoms with van der Waals surface area (Å²) < 4.78 is 72.6. The number of nitrogens with one attached hydrogen (secondary N) is 2. The number of nitrogens with zero attached hydrogens (tertiary/aromatic N) is 2. The fourth-order valence-corrected chi connectivity index (χ4v) is 3.05. The van der Waals surface area contributed by atoms with Gasteiger partial charge in [-0.05, 0) is 38.5 Å². The number of alkyl halides is 3. The third-order valence-corrected chi connectivity index (χ3v) is 4.96. The number of hydrazine groups is 1. The molecule has 2 N–H and O–H groups in total. The van der Waals surface area contributed by atoms with Gasteiger partial charge in [0.15, 0.2) is 5.76 Å². The normalized spacial score (nSPS) is 13.6. The van der Waals surface area contributed by atoms with Gasteiger partial charge in [0.2, 0.25) is 0 Å². The summed E-state index contributed by atoms with van der Waals surface area (Å²) in [5.41, 5.74) is 2.05. The van der Waals surface area contributed by atoms with Crippen molar-refractivity contribution in [2.24, 2.45) is 0 Å². The molecule has 34 heavy (non-hydrogen) atoms. The van der Waals surface area contributed by atoms with Gasteiger partial charge in [0, 0.05) is 23.9 Å². The molecule has 1 aromatic carbocycles. The molecule has 0 fully saturated rings. The van der Waals surface area contributed by atoms with E-state index < -0.39 is 35.1 Å². The Labute approximate surface area is 197 Å². The molecule has 1 aromatic heterocycles. The molecule has 2 rings (SSSR count). The van der Waals surface area contributed by atoms with Crippen LogP contribution in [0.3, 0.4) is 0 Å². The van der Waals surface area contributed by atoms with Crippen molar-refractivity contribution in [1.29, 1.82) is 0 Å². The summed E-state index contributed by atoms with van der Waals surface area (Å²) in [5.74, 6) is -3.98. The van der Waals surface area contributed by atoms with Crippen LogP contribution in [-0.2, 0) is 4.79 Å². The van der Waals surface area contributed by atoms with E-state index in [0.29, 0.717) is 5.69 Å². The van der Waals surface area contributed by atoms with Crippen LogP contribution in [0.1, 0.15) is 38.6 Å². The minimum atomic E-state index is -5.24. The quantitative estimate of drug-likeness (QED) is 0.242. The summed E-state index contributed by atoms with van der Waals surface area (Å²) in [6, 6.07) is 5.48. The second-order valence-corrected chi connectivity index (χ2v) is 7.30. The maximum atomic E-state index is 14.6. The van der Waals surface area contributed by atoms with Crippen molar-refractivity contribution in [2.45, 2.75) is 33.4 Å². The maximum absolute atomic E-state index is 14.6. The molecule has 0 unspecified atom stereocenters. The number of carbonyl (C=O) groups is 1. The van der Waals surface area contributed by atoms with E-state index in [1.807, 2.05) is 0 Å². The molecule has 1 heterocycles. The van der Waals surface area contributed by atoms with Gasteiger partial charge in [0.25, 0.3) is 0 Å². The minimum absolute atomic E-state index is 0.0452. The van der Waals surface area contributed by atoms with Crippen LogP contribution in [-0.4, -0.2) is 24.3 Å². The maximum Gasteiger partial charge on any atom is 0.471 e. The number of aromatic nitrogens is 1. The van der Waals surface area contributed by atoms with Gasteiger partial charge in [-0.15, -0.1) is 0 Å². The Kier molecular flexibility index (Phi) is 9.00. The standard InChI is InChI=1S/C22H22ClF5N4O2/c1-5-15(23)17(16(25)6-2)18-19(30-21(33)22(26,27)28)20(34-31-18)12(3)11-32(29-4)14-9-7-8-13(24)10-14/h6-11,29H,5H2,1-4H3,(H,30,33)/b12-11+,16-6+,17-15-. The largest absolute Gasteiger partial charge is 0.471 e. The van der Waals surface area contributed by atoms with Crippen molar-refractivity contribution in [2.75, 3.05) is 17.4 Å². The number of rotatable bonds is 8. The van der Waals surface area contributed by atoms with Gasteiger partial charge in [0.05, 0.1) is 11.3 Å². The van der Waals surface area contributed by atoms with Gasteiger partial charge in [-0.1, -0.05) is 35.8 Å². The van der Waals surface area contributed by atoms with Crippen molar-refractivity contribution in [3.8, 4) is 0 Å². The Hall–Kier alpha value is -3.18. The molecule has 6 nitrogen and oxygen atoms in total. The zero-order valence-corrected chi connectivity index (χ0v) is 19.4. The van der Waals surface area contributed by atoms with Crippen LogP contribution in [0.5, 0.6) is 0 Å². The number of amides is 1. The van der Waals surface area contributed by atoms with Crippen LogP contribution in [0.2, 0.25) is 0 Å². The van der Waals surface area contributed by atoms with Crippen LogP contribution in [0.25, 0.3) is 11.1 Å². The van der Waals surface area contributed by atoms with Crippen LogP contribution in [0, 0.1) is 5.82 Å². The van der Waals surface area contributed by atoms with Crippen LogP contribution >= 0.6 is 11.6 Å². The van der Waals surface area contributed by atoms with E-state index in [-0.39, 0.29) is 28.4 Å². The highest BCUT2D eigenvalue weighted by Crippen LogP contribution is 2.39. The van der Waals surface area contributed by atoms with Crippen molar-refractivity contribution in [1.82, 2.24) is 10.6 Å². The topological polar surface area (TPSA) is 70.4 Å². The molecule has 12 heteroatoms. The smallest absolute Gasteiger partial charge is 0.354 e. The lowest BCUT2D eigenvalue weighted by molar-refractivity contribution is -0.167. The lowest BCUT2D eigenvalue weighted by atomic mass is 10.1. The third kappa shape index (κ3) is 6.23. The number of halogens is 6. The summed E-state index contributed by atoms with van der Waals surface area (Å²) in [6.45, 7) is 4.42. The lowest BCUT2D eigenvalue weighted by Crippen LogP contribution is -2.31. The van der Waals surface area contributed by atoms with Gasteiger partial charge in [-0.2, -0.15) is 13.2 Å². The van der Waals surface area contributed by atoms with E-state index in [4.69, 9.17) is 16.1 Å². The van der Waals surface area contributed by atoms with Crippen molar-refractivity contribution < 1.29 is 31.3 Å². The first-order valence-corrected chi connectivity index (χ1v) is 10.3. The molecular weight excluding hydrogens is 483 g/mol. The Bertz CT molecular complexity index is 1140. The average Bonchev–Trinajstić information content (AvgIpc) is 3.19. The first-order valence-electron chi connectivity index (χ1n) is 9.94. The lowest BCUT2D eigenvalue weighted by Gasteiger charge is -2.20. The van der Waals surface area contributed by atoms with Crippen molar-refractivity contribution in [3.63, 3.8) is 0 Å². The van der Waals surface area contributed by atoms with E-state index in [1.54, 1.807) is 18.3 Å². The zero-order valence-electron chi connectivity index (χ0n) is 18.6. The van der Waals surface area contributed by atoms with Crippen LogP contribution in [0.4, 0.5) is 33.3 Å². The molecule has 0 bridgehead atoms. The van der Waals surface area contributed by atoms with E-state index in [1.165, 1.54) is 50.3 Å². The van der Waals surface area contributed by atoms with E-state index in [9.17, 15) is 26.7 Å². The fourth-order valence-electron chi connectivity index (χ4n) is 2.87. The molecule has 0 spiro atoms. The van der Waals surface area contributed by atoms with E-state index >= 15 is 0 Å². The molecule has 184 valence electrons. The van der Waals surface area contributed by atoms with Gasteiger partial charge >= 0.3 is 12.1 Å². The Morgan fingerprint density at radius 1 is 1.32 bits per heavy atom. The van der Waals surface area contributed by atoms with Gasteiger partial charge in [-0.3, -0.25) is 9.80 Å². The Morgan fingerprint density at radius 2 is 2.00 bits per heavy atom. The molecule has 0 saturated heterocycles. The molecule has 0 aliphatic carbocycles. The van der Waals surface area contributed by atoms with Crippen LogP contribution < -0.4 is 15.8 Å². The summed E-state index contributed by atoms with van der Waals surface area (Å²) in [4.78, 5) is 11.8. The van der Waals surface area contributed by atoms with E-state index in [0.717, 1.165) is 6.08 Å². The van der Waals surface area contributed by atoms with Crippen molar-refractivity contribution >= 4 is 40.0 Å². The summed E-state index contributed by atoms with van der Waals surface area (Å²) >= 11 is 6.14. The number of carbonyl (C=O) groups excluding carboxylic acids is 1. The first kappa shape index (κ1) is 27.1. The van der Waals surface area contributed by atoms with Gasteiger partial charge < -0.3 is 9.84 Å². The van der Waals surface area contributed by atoms with Gasteiger partial charge in [-0.25, -0.2) is 14.2 Å². The number of hydrogen-bond donors (Lipinski definition) is 2. The number of anilines is 2. The summed E-state index contributed by atoms with van der Waals surface area (Å²) in [6.07, 6.45) is -2.68. The number of allylic oxidation sites excluding steroid dienone is 5. The molecule has 0 atom stereocenters. The van der Waals surface area contributed by atoms with Crippen LogP contribution in [0.15, 0.2) is 51.9 Å². The van der Waals surface area contributed by atoms with Crippen molar-refractivity contribution in [3.05, 3.63) is 64.7 Å². The molecule has 0 saturated carbocycles. The highest BCUT2D eigenvalue weighted by molar-refractivity contribution is 6.33. The SMILES string of the molecule is C/C=C(F)\C(=C(\Cl)CC)c1noc(/C(C)=C/N(NC)c2cccc(F)c2)c1NC(=O)C(F)(F)F.